The highest BCUT2D eigenvalue weighted by Crippen LogP contribution is 2.34. The number of methoxy groups -OCH3 is 1. The molecule has 0 fully saturated rings. The average Bonchev–Trinajstić information content (AvgIpc) is 2.08. The van der Waals surface area contributed by atoms with E-state index in [1.165, 1.54) is 7.11 Å². The summed E-state index contributed by atoms with van der Waals surface area (Å²) in [6, 6.07) is 0. The molecule has 0 unspecified atom stereocenters. The van der Waals surface area contributed by atoms with Crippen LogP contribution in [0.2, 0.25) is 10.0 Å². The van der Waals surface area contributed by atoms with Gasteiger partial charge in [0.1, 0.15) is 10.0 Å². The normalized spacial score (nSPS) is 10.0. The van der Waals surface area contributed by atoms with Crippen LogP contribution in [-0.4, -0.2) is 12.1 Å². The maximum atomic E-state index is 12.7. The number of pyridine rings is 1. The van der Waals surface area contributed by atoms with Crippen LogP contribution in [0.15, 0.2) is 0 Å². The highest BCUT2D eigenvalue weighted by Gasteiger charge is 2.14. The lowest BCUT2D eigenvalue weighted by molar-refractivity contribution is 0.388. The Morgan fingerprint density at radius 2 is 2.00 bits per heavy atom. The number of rotatable bonds is 1. The van der Waals surface area contributed by atoms with Crippen LogP contribution in [0.1, 0.15) is 0 Å². The van der Waals surface area contributed by atoms with Gasteiger partial charge >= 0.3 is 0 Å². The molecule has 66 valence electrons. The molecule has 1 rings (SSSR count). The number of anilines is 1. The number of hydrogen-bond donors (Lipinski definition) is 1. The Hall–Kier alpha value is -0.740. The highest BCUT2D eigenvalue weighted by molar-refractivity contribution is 6.39. The fraction of sp³-hybridized carbons (Fsp3) is 0.167. The van der Waals surface area contributed by atoms with Crippen LogP contribution in [0.25, 0.3) is 0 Å². The van der Waals surface area contributed by atoms with Crippen molar-refractivity contribution in [3.63, 3.8) is 0 Å². The van der Waals surface area contributed by atoms with Crippen molar-refractivity contribution >= 4 is 28.9 Å². The van der Waals surface area contributed by atoms with E-state index in [4.69, 9.17) is 28.9 Å². The van der Waals surface area contributed by atoms with Gasteiger partial charge in [-0.05, 0) is 0 Å². The predicted octanol–water partition coefficient (Wildman–Crippen LogP) is 2.12. The molecule has 0 radical (unpaired) electrons. The van der Waals surface area contributed by atoms with Gasteiger partial charge in [0.05, 0.1) is 12.8 Å². The number of nitrogens with two attached hydrogens (primary N) is 1. The first-order valence-corrected chi connectivity index (χ1v) is 3.67. The van der Waals surface area contributed by atoms with Crippen molar-refractivity contribution in [2.45, 2.75) is 0 Å². The standard InChI is InChI=1S/C6H5Cl2FN2O/c1-12-6-3(8)4(10)2(7)5(9)11-6/h1H3,(H2,10,11). The zero-order valence-electron chi connectivity index (χ0n) is 6.07. The fourth-order valence-corrected chi connectivity index (χ4v) is 1.04. The molecule has 6 heteroatoms. The van der Waals surface area contributed by atoms with E-state index in [1.807, 2.05) is 0 Å². The Bertz CT molecular complexity index is 319. The summed E-state index contributed by atoms with van der Waals surface area (Å²) in [4.78, 5) is 3.32. The predicted molar refractivity (Wildman–Crippen MR) is 45.2 cm³/mol. The van der Waals surface area contributed by atoms with Crippen LogP contribution in [0.3, 0.4) is 0 Å². The molecule has 12 heavy (non-hydrogen) atoms. The lowest BCUT2D eigenvalue weighted by atomic mass is 10.4. The van der Waals surface area contributed by atoms with Crippen molar-refractivity contribution in [3.05, 3.63) is 16.0 Å². The van der Waals surface area contributed by atoms with E-state index in [0.717, 1.165) is 0 Å². The second-order valence-corrected chi connectivity index (χ2v) is 2.71. The van der Waals surface area contributed by atoms with Gasteiger partial charge in [-0.25, -0.2) is 0 Å². The molecule has 2 N–H and O–H groups in total. The summed E-state index contributed by atoms with van der Waals surface area (Å²) in [5.41, 5.74) is 5.27. The topological polar surface area (TPSA) is 48.1 Å². The van der Waals surface area contributed by atoms with Crippen LogP contribution in [0, 0.1) is 5.95 Å². The maximum absolute atomic E-state index is 12.7. The van der Waals surface area contributed by atoms with Gasteiger partial charge in [0.15, 0.2) is 0 Å². The van der Waals surface area contributed by atoms with Gasteiger partial charge in [-0.1, -0.05) is 23.2 Å². The fourth-order valence-electron chi connectivity index (χ4n) is 0.645. The zero-order valence-corrected chi connectivity index (χ0v) is 7.58. The first kappa shape index (κ1) is 9.35. The van der Waals surface area contributed by atoms with Crippen molar-refractivity contribution in [1.82, 2.24) is 4.98 Å². The minimum Gasteiger partial charge on any atom is -0.480 e. The van der Waals surface area contributed by atoms with Gasteiger partial charge in [0.2, 0.25) is 11.8 Å². The van der Waals surface area contributed by atoms with Gasteiger partial charge < -0.3 is 10.5 Å². The number of nitrogen functional groups attached to an aromatic ring is 1. The average molecular weight is 211 g/mol. The minimum atomic E-state index is -0.893. The summed E-state index contributed by atoms with van der Waals surface area (Å²) >= 11 is 11.0. The minimum absolute atomic E-state index is 0.0175. The number of nitrogens with zero attached hydrogens (tertiary/aromatic N) is 1. The molecule has 0 bridgehead atoms. The summed E-state index contributed by atoms with van der Waals surface area (Å²) in [6.07, 6.45) is 0. The molecule has 0 amide bonds. The molecule has 0 atom stereocenters. The van der Waals surface area contributed by atoms with Gasteiger partial charge in [0.25, 0.3) is 0 Å². The highest BCUT2D eigenvalue weighted by atomic mass is 35.5. The second-order valence-electron chi connectivity index (χ2n) is 1.95. The lowest BCUT2D eigenvalue weighted by Gasteiger charge is -2.05. The van der Waals surface area contributed by atoms with Crippen molar-refractivity contribution < 1.29 is 9.13 Å². The molecule has 1 aromatic rings. The third-order valence-electron chi connectivity index (χ3n) is 1.23. The van der Waals surface area contributed by atoms with Crippen LogP contribution in [0.4, 0.5) is 10.1 Å². The summed E-state index contributed by atoms with van der Waals surface area (Å²) in [5, 5.41) is -0.273. The molecule has 1 heterocycles. The van der Waals surface area contributed by atoms with Crippen LogP contribution < -0.4 is 10.5 Å². The van der Waals surface area contributed by atoms with Gasteiger partial charge in [-0.2, -0.15) is 9.37 Å². The van der Waals surface area contributed by atoms with E-state index >= 15 is 0 Å². The first-order valence-electron chi connectivity index (χ1n) is 2.92. The zero-order chi connectivity index (χ0) is 9.30. The van der Waals surface area contributed by atoms with Gasteiger partial charge in [-0.3, -0.25) is 0 Å². The Labute approximate surface area is 78.2 Å². The Morgan fingerprint density at radius 3 is 2.50 bits per heavy atom. The molecular formula is C6H5Cl2FN2O. The monoisotopic (exact) mass is 210 g/mol. The molecular weight excluding hydrogens is 206 g/mol. The van der Waals surface area contributed by atoms with Crippen molar-refractivity contribution in [2.24, 2.45) is 0 Å². The number of aromatic nitrogens is 1. The van der Waals surface area contributed by atoms with E-state index in [0.29, 0.717) is 0 Å². The Morgan fingerprint density at radius 1 is 1.42 bits per heavy atom. The molecule has 0 aliphatic heterocycles. The molecule has 1 aromatic heterocycles. The molecule has 0 saturated heterocycles. The number of halogens is 3. The van der Waals surface area contributed by atoms with E-state index in [-0.39, 0.29) is 21.6 Å². The van der Waals surface area contributed by atoms with Crippen molar-refractivity contribution in [1.29, 1.82) is 0 Å². The SMILES string of the molecule is COc1nc(F)c(Cl)c(N)c1Cl. The summed E-state index contributed by atoms with van der Waals surface area (Å²) in [6.45, 7) is 0. The summed E-state index contributed by atoms with van der Waals surface area (Å²) in [5.74, 6) is -0.966. The first-order chi connectivity index (χ1) is 5.57. The third-order valence-corrected chi connectivity index (χ3v) is 1.96. The largest absolute Gasteiger partial charge is 0.480 e. The maximum Gasteiger partial charge on any atom is 0.237 e. The molecule has 3 nitrogen and oxygen atoms in total. The smallest absolute Gasteiger partial charge is 0.237 e. The third kappa shape index (κ3) is 1.40. The van der Waals surface area contributed by atoms with Crippen molar-refractivity contribution in [2.75, 3.05) is 12.8 Å². The van der Waals surface area contributed by atoms with Crippen LogP contribution >= 0.6 is 23.2 Å². The molecule has 0 saturated carbocycles. The lowest BCUT2D eigenvalue weighted by Crippen LogP contribution is -1.98. The quantitative estimate of drug-likeness (QED) is 0.723. The van der Waals surface area contributed by atoms with E-state index in [2.05, 4.69) is 9.72 Å². The molecule has 0 aliphatic carbocycles. The van der Waals surface area contributed by atoms with Gasteiger partial charge in [0, 0.05) is 0 Å². The Balaban J connectivity index is 3.39. The van der Waals surface area contributed by atoms with Crippen LogP contribution in [0.5, 0.6) is 5.88 Å². The van der Waals surface area contributed by atoms with Crippen molar-refractivity contribution in [3.8, 4) is 5.88 Å². The molecule has 0 aromatic carbocycles. The Kier molecular flexibility index (Phi) is 2.59. The molecule has 0 aliphatic rings. The summed E-state index contributed by atoms with van der Waals surface area (Å²) in [7, 11) is 1.31. The van der Waals surface area contributed by atoms with Gasteiger partial charge in [-0.15, -0.1) is 0 Å². The number of ether oxygens (including phenoxy) is 1. The number of hydrogen-bond acceptors (Lipinski definition) is 3. The van der Waals surface area contributed by atoms with E-state index in [1.54, 1.807) is 0 Å². The van der Waals surface area contributed by atoms with E-state index in [9.17, 15) is 4.39 Å². The van der Waals surface area contributed by atoms with E-state index < -0.39 is 5.95 Å². The second kappa shape index (κ2) is 3.33. The van der Waals surface area contributed by atoms with Crippen LogP contribution in [-0.2, 0) is 0 Å². The summed E-state index contributed by atoms with van der Waals surface area (Å²) < 4.78 is 17.4. The molecule has 0 spiro atoms.